The zero-order chi connectivity index (χ0) is 32.7. The van der Waals surface area contributed by atoms with E-state index in [0.717, 1.165) is 24.0 Å². The number of hydrogen-bond acceptors (Lipinski definition) is 6. The molecule has 0 spiro atoms. The molecule has 6 rings (SSSR count). The van der Waals surface area contributed by atoms with Crippen LogP contribution in [0.25, 0.3) is 11.1 Å². The maximum absolute atomic E-state index is 13.8. The maximum Gasteiger partial charge on any atom is 0.481 e. The number of guanidine groups is 1. The number of benzene rings is 2. The van der Waals surface area contributed by atoms with Gasteiger partial charge in [-0.1, -0.05) is 58.0 Å². The summed E-state index contributed by atoms with van der Waals surface area (Å²) in [5.74, 6) is 0.401. The highest BCUT2D eigenvalue weighted by Crippen LogP contribution is 2.65. The lowest BCUT2D eigenvalue weighted by Gasteiger charge is -2.64. The van der Waals surface area contributed by atoms with Gasteiger partial charge in [-0.2, -0.15) is 4.31 Å². The second-order valence-electron chi connectivity index (χ2n) is 13.5. The Labute approximate surface area is 268 Å². The van der Waals surface area contributed by atoms with Crippen molar-refractivity contribution < 1.29 is 22.5 Å². The normalized spacial score (nSPS) is 25.8. The zero-order valence-electron chi connectivity index (χ0n) is 27.4. The van der Waals surface area contributed by atoms with Crippen molar-refractivity contribution >= 4 is 29.0 Å². The summed E-state index contributed by atoms with van der Waals surface area (Å²) in [6.07, 6.45) is 3.30. The van der Waals surface area contributed by atoms with Gasteiger partial charge in [0, 0.05) is 30.8 Å². The summed E-state index contributed by atoms with van der Waals surface area (Å²) in [5, 5.41) is 3.20. The van der Waals surface area contributed by atoms with Crippen LogP contribution in [0.5, 0.6) is 0 Å². The molecule has 4 aliphatic rings. The van der Waals surface area contributed by atoms with E-state index in [9.17, 15) is 13.2 Å². The molecule has 1 heterocycles. The first kappa shape index (κ1) is 33.4. The summed E-state index contributed by atoms with van der Waals surface area (Å²) >= 11 is 0. The summed E-state index contributed by atoms with van der Waals surface area (Å²) in [6.45, 7) is 13.5. The minimum atomic E-state index is -3.68. The lowest BCUT2D eigenvalue weighted by Crippen LogP contribution is -2.65. The van der Waals surface area contributed by atoms with Crippen LogP contribution in [0.15, 0.2) is 52.4 Å². The summed E-state index contributed by atoms with van der Waals surface area (Å²) < 4.78 is 41.6. The van der Waals surface area contributed by atoms with Crippen molar-refractivity contribution in [2.75, 3.05) is 19.6 Å². The Balaban J connectivity index is 1.37. The summed E-state index contributed by atoms with van der Waals surface area (Å²) in [5.41, 5.74) is 13.4. The maximum atomic E-state index is 13.8. The van der Waals surface area contributed by atoms with Gasteiger partial charge in [0.05, 0.1) is 22.5 Å². The molecule has 0 aromatic heterocycles. The van der Waals surface area contributed by atoms with E-state index < -0.39 is 28.7 Å². The highest BCUT2D eigenvalue weighted by Gasteiger charge is 2.68. The molecule has 5 N–H and O–H groups in total. The van der Waals surface area contributed by atoms with Gasteiger partial charge in [0.15, 0.2) is 5.96 Å². The van der Waals surface area contributed by atoms with Crippen molar-refractivity contribution in [3.8, 4) is 11.1 Å². The molecule has 2 bridgehead atoms. The van der Waals surface area contributed by atoms with E-state index in [1.54, 1.807) is 30.3 Å². The first-order valence-electron chi connectivity index (χ1n) is 16.1. The third-order valence-electron chi connectivity index (χ3n) is 10.6. The zero-order valence-corrected chi connectivity index (χ0v) is 28.2. The Morgan fingerprint density at radius 2 is 1.84 bits per heavy atom. The number of nitrogens with one attached hydrogen (secondary N) is 1. The van der Waals surface area contributed by atoms with Gasteiger partial charge in [-0.25, -0.2) is 8.42 Å². The topological polar surface area (TPSA) is 149 Å². The number of rotatable bonds is 12. The SMILES string of the molecule is CCN(CC)S(=O)(=O)c1ccccc1-c1ccc(C(=O)N[C@@H](CCCN=C(N)N)B2O[C@@H]3CC4CC(C4(C)C)[C@]3(C)O2)c(C)c1. The van der Waals surface area contributed by atoms with E-state index in [1.807, 2.05) is 32.9 Å². The number of sulfonamides is 1. The highest BCUT2D eigenvalue weighted by molar-refractivity contribution is 7.89. The molecule has 1 aliphatic heterocycles. The number of amides is 1. The summed E-state index contributed by atoms with van der Waals surface area (Å²) in [6, 6.07) is 12.4. The molecule has 12 heteroatoms. The molecule has 1 amide bonds. The molecule has 3 aliphatic carbocycles. The number of carbonyl (C=O) groups excluding carboxylic acids is 1. The second-order valence-corrected chi connectivity index (χ2v) is 15.4. The van der Waals surface area contributed by atoms with Gasteiger partial charge < -0.3 is 26.1 Å². The number of carbonyl (C=O) groups is 1. The summed E-state index contributed by atoms with van der Waals surface area (Å²) in [7, 11) is -4.27. The lowest BCUT2D eigenvalue weighted by molar-refractivity contribution is -0.199. The fourth-order valence-electron chi connectivity index (χ4n) is 7.83. The van der Waals surface area contributed by atoms with Crippen LogP contribution < -0.4 is 16.8 Å². The van der Waals surface area contributed by atoms with Crippen LogP contribution in [0, 0.1) is 24.2 Å². The van der Waals surface area contributed by atoms with Gasteiger partial charge in [0.25, 0.3) is 5.91 Å². The minimum Gasteiger partial charge on any atom is -0.404 e. The molecule has 1 saturated heterocycles. The highest BCUT2D eigenvalue weighted by atomic mass is 32.2. The number of nitrogens with zero attached hydrogens (tertiary/aromatic N) is 2. The van der Waals surface area contributed by atoms with Crippen LogP contribution in [0.2, 0.25) is 0 Å². The molecule has 10 nitrogen and oxygen atoms in total. The molecule has 2 unspecified atom stereocenters. The van der Waals surface area contributed by atoms with Crippen LogP contribution in [0.4, 0.5) is 0 Å². The molecule has 2 aromatic carbocycles. The van der Waals surface area contributed by atoms with Crippen molar-refractivity contribution in [2.45, 2.75) is 89.8 Å². The van der Waals surface area contributed by atoms with E-state index in [2.05, 4.69) is 31.1 Å². The lowest BCUT2D eigenvalue weighted by atomic mass is 9.43. The second kappa shape index (κ2) is 12.7. The van der Waals surface area contributed by atoms with E-state index in [0.29, 0.717) is 55.4 Å². The first-order chi connectivity index (χ1) is 21.2. The first-order valence-corrected chi connectivity index (χ1v) is 17.6. The molecule has 244 valence electrons. The molecule has 45 heavy (non-hydrogen) atoms. The van der Waals surface area contributed by atoms with Crippen molar-refractivity contribution in [3.05, 3.63) is 53.6 Å². The smallest absolute Gasteiger partial charge is 0.404 e. The van der Waals surface area contributed by atoms with Crippen molar-refractivity contribution in [2.24, 2.45) is 33.7 Å². The van der Waals surface area contributed by atoms with Crippen LogP contribution in [-0.2, 0) is 19.3 Å². The van der Waals surface area contributed by atoms with Crippen LogP contribution in [0.1, 0.15) is 76.2 Å². The Hall–Kier alpha value is -2.93. The van der Waals surface area contributed by atoms with Gasteiger partial charge >= 0.3 is 7.12 Å². The van der Waals surface area contributed by atoms with Gasteiger partial charge in [-0.05, 0) is 80.0 Å². The Bertz CT molecular complexity index is 1560. The Kier molecular flexibility index (Phi) is 9.44. The van der Waals surface area contributed by atoms with E-state index in [4.69, 9.17) is 20.8 Å². The van der Waals surface area contributed by atoms with Gasteiger partial charge in [0.2, 0.25) is 10.0 Å². The van der Waals surface area contributed by atoms with Gasteiger partial charge in [0.1, 0.15) is 0 Å². The molecule has 3 saturated carbocycles. The number of aliphatic imine (C=N–C) groups is 1. The van der Waals surface area contributed by atoms with Crippen LogP contribution in [-0.4, -0.2) is 69.0 Å². The quantitative estimate of drug-likeness (QED) is 0.137. The van der Waals surface area contributed by atoms with Gasteiger partial charge in [-0.3, -0.25) is 9.79 Å². The fraction of sp³-hybridized carbons (Fsp3) is 0.576. The standard InChI is InChI=1S/C33H48BN5O5S/c1-7-39(8-2)45(41,42)26-13-10-9-12-25(26)22-15-16-24(21(3)18-22)30(40)38-29(14-11-17-37-31(35)36)34-43-28-20-23-19-27(32(23,4)5)33(28,6)44-34/h9-10,12-13,15-16,18,23,27-29H,7-8,11,14,17,19-20H2,1-6H3,(H,38,40)(H4,35,36,37)/t23?,27?,28-,29+,33+/m1/s1. The van der Waals surface area contributed by atoms with Crippen LogP contribution >= 0.6 is 0 Å². The van der Waals surface area contributed by atoms with Crippen LogP contribution in [0.3, 0.4) is 0 Å². The molecule has 5 atom stereocenters. The Morgan fingerprint density at radius 1 is 1.13 bits per heavy atom. The van der Waals surface area contributed by atoms with Gasteiger partial charge in [-0.15, -0.1) is 0 Å². The van der Waals surface area contributed by atoms with Crippen molar-refractivity contribution in [1.29, 1.82) is 0 Å². The largest absolute Gasteiger partial charge is 0.481 e. The predicted octanol–water partition coefficient (Wildman–Crippen LogP) is 4.11. The molecular formula is C33H48BN5O5S. The monoisotopic (exact) mass is 637 g/mol. The summed E-state index contributed by atoms with van der Waals surface area (Å²) in [4.78, 5) is 18.2. The number of nitrogens with two attached hydrogens (primary N) is 2. The molecular weight excluding hydrogens is 589 g/mol. The Morgan fingerprint density at radius 3 is 2.49 bits per heavy atom. The minimum absolute atomic E-state index is 0.00917. The number of aryl methyl sites for hydroxylation is 1. The van der Waals surface area contributed by atoms with E-state index >= 15 is 0 Å². The molecule has 4 fully saturated rings. The third-order valence-corrected chi connectivity index (χ3v) is 12.7. The fourth-order valence-corrected chi connectivity index (χ4v) is 9.50. The third kappa shape index (κ3) is 6.14. The molecule has 0 radical (unpaired) electrons. The van der Waals surface area contributed by atoms with E-state index in [-0.39, 0.29) is 28.3 Å². The van der Waals surface area contributed by atoms with E-state index in [1.165, 1.54) is 4.31 Å². The molecule has 2 aromatic rings. The number of hydrogen-bond donors (Lipinski definition) is 3. The predicted molar refractivity (Wildman–Crippen MR) is 178 cm³/mol. The van der Waals surface area contributed by atoms with Crippen molar-refractivity contribution in [3.63, 3.8) is 0 Å². The van der Waals surface area contributed by atoms with Crippen molar-refractivity contribution in [1.82, 2.24) is 9.62 Å². The average molecular weight is 638 g/mol. The average Bonchev–Trinajstić information content (AvgIpc) is 3.36.